The molecule has 0 N–H and O–H groups in total. The topological polar surface area (TPSA) is 80.8 Å². The molecule has 6 nitrogen and oxygen atoms in total. The number of carbonyl (C=O) groups excluding carboxylic acids is 2. The maximum Gasteiger partial charge on any atom is 0.426 e. The molecule has 1 heterocycles. The lowest BCUT2D eigenvalue weighted by atomic mass is 9.73. The number of amides is 1. The summed E-state index contributed by atoms with van der Waals surface area (Å²) in [5, 5.41) is 0. The third-order valence-corrected chi connectivity index (χ3v) is 12.4. The van der Waals surface area contributed by atoms with E-state index in [2.05, 4.69) is 0 Å². The van der Waals surface area contributed by atoms with E-state index >= 15 is 4.39 Å². The first-order valence-corrected chi connectivity index (χ1v) is 15.8. The van der Waals surface area contributed by atoms with Gasteiger partial charge in [-0.2, -0.15) is 13.2 Å². The van der Waals surface area contributed by atoms with E-state index in [0.717, 1.165) is 12.1 Å². The van der Waals surface area contributed by atoms with Gasteiger partial charge in [0.2, 0.25) is 11.6 Å². The Morgan fingerprint density at radius 3 is 2.33 bits per heavy atom. The largest absolute Gasteiger partial charge is 0.469 e. The van der Waals surface area contributed by atoms with Crippen molar-refractivity contribution >= 4 is 21.7 Å². The van der Waals surface area contributed by atoms with E-state index < -0.39 is 49.8 Å². The highest BCUT2D eigenvalue weighted by Crippen LogP contribution is 2.55. The van der Waals surface area contributed by atoms with E-state index in [0.29, 0.717) is 19.3 Å². The van der Waals surface area contributed by atoms with Crippen LogP contribution in [0.3, 0.4) is 0 Å². The Kier molecular flexibility index (Phi) is 7.93. The Balaban J connectivity index is 1.60. The van der Waals surface area contributed by atoms with Crippen LogP contribution in [-0.4, -0.2) is 51.1 Å². The molecular weight excluding hydrogens is 593 g/mol. The molecule has 6 atom stereocenters. The van der Waals surface area contributed by atoms with E-state index in [1.165, 1.54) is 36.3 Å². The van der Waals surface area contributed by atoms with Crippen molar-refractivity contribution in [3.05, 3.63) is 65.0 Å². The van der Waals surface area contributed by atoms with E-state index in [1.54, 1.807) is 6.07 Å². The average Bonchev–Trinajstić information content (AvgIpc) is 3.37. The van der Waals surface area contributed by atoms with Crippen molar-refractivity contribution in [1.82, 2.24) is 4.90 Å². The molecule has 2 aliphatic carbocycles. The second kappa shape index (κ2) is 10.9. The Morgan fingerprint density at radius 2 is 1.72 bits per heavy atom. The molecule has 5 rings (SSSR count). The van der Waals surface area contributed by atoms with Gasteiger partial charge in [0.05, 0.1) is 24.0 Å². The highest BCUT2D eigenvalue weighted by Gasteiger charge is 2.62. The number of nitrogens with zero attached hydrogens (tertiary/aromatic N) is 1. The number of rotatable bonds is 5. The Bertz CT molecular complexity index is 1530. The number of esters is 1. The number of methoxy groups -OCH3 is 1. The minimum absolute atomic E-state index is 0.0295. The monoisotopic (exact) mass is 627 g/mol. The maximum absolute atomic E-state index is 15.5. The number of sulfone groups is 1. The number of hydrogen-bond acceptors (Lipinski definition) is 5. The van der Waals surface area contributed by atoms with Crippen LogP contribution in [0, 0.1) is 23.6 Å². The van der Waals surface area contributed by atoms with Crippen LogP contribution >= 0.6 is 0 Å². The number of halogens is 5. The molecule has 1 saturated heterocycles. The number of carbonyl (C=O) groups is 2. The van der Waals surface area contributed by atoms with Crippen molar-refractivity contribution in [3.8, 4) is 0 Å². The van der Waals surface area contributed by atoms with Gasteiger partial charge in [-0.3, -0.25) is 9.59 Å². The SMILES string of the molecule is COC(=O)[C@@H]1CC[C@@H](C(=O)N2CC[C@@]3(S(=O)(=O)c4ccccc4)c4cc(F)c(C(C)(F)C(F)(F)F)cc4CC[C@@H]23)[C@@H](C)C1. The summed E-state index contributed by atoms with van der Waals surface area (Å²) < 4.78 is 103. The lowest BCUT2D eigenvalue weighted by Crippen LogP contribution is -2.54. The molecule has 2 fully saturated rings. The summed E-state index contributed by atoms with van der Waals surface area (Å²) in [7, 11) is -3.03. The Labute approximate surface area is 247 Å². The van der Waals surface area contributed by atoms with Crippen LogP contribution in [-0.2, 0) is 41.0 Å². The molecule has 0 spiro atoms. The number of fused-ring (bicyclic) bond motifs is 3. The van der Waals surface area contributed by atoms with Gasteiger partial charge in [-0.25, -0.2) is 17.2 Å². The zero-order valence-corrected chi connectivity index (χ0v) is 24.9. The quantitative estimate of drug-likeness (QED) is 0.300. The molecule has 0 radical (unpaired) electrons. The van der Waals surface area contributed by atoms with Crippen molar-refractivity contribution in [2.75, 3.05) is 13.7 Å². The van der Waals surface area contributed by atoms with Gasteiger partial charge in [-0.05, 0) is 86.8 Å². The Morgan fingerprint density at radius 1 is 1.05 bits per heavy atom. The average molecular weight is 628 g/mol. The molecule has 1 unspecified atom stereocenters. The van der Waals surface area contributed by atoms with Crippen LogP contribution in [0.15, 0.2) is 47.4 Å². The molecule has 3 aliphatic rings. The van der Waals surface area contributed by atoms with Crippen molar-refractivity contribution < 1.29 is 44.7 Å². The van der Waals surface area contributed by atoms with Gasteiger partial charge in [-0.15, -0.1) is 0 Å². The van der Waals surface area contributed by atoms with Crippen LogP contribution < -0.4 is 0 Å². The minimum atomic E-state index is -5.40. The molecule has 0 aromatic heterocycles. The zero-order valence-electron chi connectivity index (χ0n) is 24.1. The lowest BCUT2D eigenvalue weighted by Gasteiger charge is -2.44. The van der Waals surface area contributed by atoms with Gasteiger partial charge in [-0.1, -0.05) is 25.1 Å². The van der Waals surface area contributed by atoms with Crippen LogP contribution in [0.4, 0.5) is 22.0 Å². The van der Waals surface area contributed by atoms with Crippen molar-refractivity contribution in [1.29, 1.82) is 0 Å². The van der Waals surface area contributed by atoms with Crippen molar-refractivity contribution in [2.24, 2.45) is 17.8 Å². The Hall–Kier alpha value is -3.02. The molecule has 43 heavy (non-hydrogen) atoms. The highest BCUT2D eigenvalue weighted by molar-refractivity contribution is 7.92. The number of benzene rings is 2. The van der Waals surface area contributed by atoms with Gasteiger partial charge < -0.3 is 9.64 Å². The summed E-state index contributed by atoms with van der Waals surface area (Å²) in [5.41, 5.74) is -5.12. The van der Waals surface area contributed by atoms with E-state index in [4.69, 9.17) is 4.74 Å². The normalized spacial score (nSPS) is 28.9. The molecular formula is C31H34F5NO5S. The standard InChI is InChI=1S/C31H34F5NO5S/c1-18-15-20(28(39)42-3)9-11-22(18)27(38)37-14-13-30(43(40,41)21-7-5-4-6-8-21)23-17-25(32)24(29(2,33)31(34,35)36)16-19(23)10-12-26(30)37/h4-8,16-18,20,22,26H,9-15H2,1-3H3/t18-,20+,22+,26+,29?,30+/m0/s1. The third-order valence-electron chi connectivity index (χ3n) is 9.85. The first-order valence-electron chi connectivity index (χ1n) is 14.3. The summed E-state index contributed by atoms with van der Waals surface area (Å²) in [6.45, 7) is 2.14. The fourth-order valence-corrected chi connectivity index (χ4v) is 9.86. The smallest absolute Gasteiger partial charge is 0.426 e. The molecule has 1 aliphatic heterocycles. The predicted molar refractivity (Wildman–Crippen MR) is 147 cm³/mol. The number of aryl methyl sites for hydroxylation is 1. The van der Waals surface area contributed by atoms with Gasteiger partial charge >= 0.3 is 12.1 Å². The number of hydrogen-bond donors (Lipinski definition) is 0. The summed E-state index contributed by atoms with van der Waals surface area (Å²) in [5.74, 6) is -3.10. The van der Waals surface area contributed by atoms with E-state index in [9.17, 15) is 35.6 Å². The number of ether oxygens (including phenoxy) is 1. The second-order valence-corrected chi connectivity index (χ2v) is 14.4. The fourth-order valence-electron chi connectivity index (χ4n) is 7.48. The molecule has 1 amide bonds. The van der Waals surface area contributed by atoms with Gasteiger partial charge in [0.15, 0.2) is 9.84 Å². The van der Waals surface area contributed by atoms with Gasteiger partial charge in [0.1, 0.15) is 10.6 Å². The summed E-state index contributed by atoms with van der Waals surface area (Å²) in [4.78, 5) is 27.6. The molecule has 12 heteroatoms. The lowest BCUT2D eigenvalue weighted by molar-refractivity contribution is -0.229. The molecule has 1 saturated carbocycles. The predicted octanol–water partition coefficient (Wildman–Crippen LogP) is 6.01. The van der Waals surface area contributed by atoms with Gasteiger partial charge in [0.25, 0.3) is 0 Å². The second-order valence-electron chi connectivity index (χ2n) is 12.1. The molecule has 234 valence electrons. The number of likely N-dealkylation sites (tertiary alicyclic amines) is 1. The summed E-state index contributed by atoms with van der Waals surface area (Å²) >= 11 is 0. The van der Waals surface area contributed by atoms with Crippen LogP contribution in [0.2, 0.25) is 0 Å². The summed E-state index contributed by atoms with van der Waals surface area (Å²) in [6, 6.07) is 8.09. The minimum Gasteiger partial charge on any atom is -0.469 e. The number of alkyl halides is 4. The van der Waals surface area contributed by atoms with Crippen LogP contribution in [0.25, 0.3) is 0 Å². The van der Waals surface area contributed by atoms with E-state index in [-0.39, 0.29) is 72.5 Å². The first-order chi connectivity index (χ1) is 20.1. The first kappa shape index (κ1) is 31.4. The van der Waals surface area contributed by atoms with Crippen molar-refractivity contribution in [2.45, 2.75) is 79.9 Å². The van der Waals surface area contributed by atoms with Crippen molar-refractivity contribution in [3.63, 3.8) is 0 Å². The molecule has 0 bridgehead atoms. The fraction of sp³-hybridized carbons (Fsp3) is 0.548. The summed E-state index contributed by atoms with van der Waals surface area (Å²) in [6.07, 6.45) is -4.11. The third kappa shape index (κ3) is 4.84. The zero-order chi connectivity index (χ0) is 31.5. The van der Waals surface area contributed by atoms with Crippen LogP contribution in [0.5, 0.6) is 0 Å². The highest BCUT2D eigenvalue weighted by atomic mass is 32.2. The maximum atomic E-state index is 15.5. The van der Waals surface area contributed by atoms with Gasteiger partial charge in [0, 0.05) is 18.0 Å². The van der Waals surface area contributed by atoms with Crippen LogP contribution in [0.1, 0.15) is 62.6 Å². The van der Waals surface area contributed by atoms with E-state index in [1.807, 2.05) is 6.92 Å². The molecule has 2 aromatic rings. The molecule has 2 aromatic carbocycles.